The molecule has 1 amide bonds. The van der Waals surface area contributed by atoms with Crippen molar-refractivity contribution in [2.75, 3.05) is 43.0 Å². The van der Waals surface area contributed by atoms with Crippen LogP contribution in [-0.2, 0) is 4.79 Å². The average Bonchev–Trinajstić information content (AvgIpc) is 3.35. The summed E-state index contributed by atoms with van der Waals surface area (Å²) in [5.41, 5.74) is 3.06. The molecule has 32 heavy (non-hydrogen) atoms. The van der Waals surface area contributed by atoms with Gasteiger partial charge in [0.2, 0.25) is 5.78 Å². The zero-order valence-corrected chi connectivity index (χ0v) is 18.4. The summed E-state index contributed by atoms with van der Waals surface area (Å²) in [6.45, 7) is 5.55. The number of anilines is 2. The molecule has 2 heterocycles. The lowest BCUT2D eigenvalue weighted by Crippen LogP contribution is -2.43. The van der Waals surface area contributed by atoms with Crippen molar-refractivity contribution >= 4 is 34.7 Å². The number of piperazine rings is 1. The first-order valence-corrected chi connectivity index (χ1v) is 10.8. The van der Waals surface area contributed by atoms with Crippen LogP contribution in [0.15, 0.2) is 59.2 Å². The largest absolute Gasteiger partial charge is 0.483 e. The van der Waals surface area contributed by atoms with Crippen LogP contribution in [-0.4, -0.2) is 44.5 Å². The van der Waals surface area contributed by atoms with Gasteiger partial charge >= 0.3 is 0 Å². The number of amides is 1. The van der Waals surface area contributed by atoms with Crippen molar-refractivity contribution in [3.8, 4) is 5.75 Å². The summed E-state index contributed by atoms with van der Waals surface area (Å²) in [5.74, 6) is -0.264. The molecule has 7 nitrogen and oxygen atoms in total. The highest BCUT2D eigenvalue weighted by Gasteiger charge is 2.19. The Morgan fingerprint density at radius 2 is 1.97 bits per heavy atom. The minimum absolute atomic E-state index is 0.168. The summed E-state index contributed by atoms with van der Waals surface area (Å²) in [6, 6.07) is 13.8. The Morgan fingerprint density at radius 1 is 1.16 bits per heavy atom. The van der Waals surface area contributed by atoms with Crippen molar-refractivity contribution in [1.29, 1.82) is 0 Å². The molecule has 0 radical (unpaired) electrons. The smallest absolute Gasteiger partial charge is 0.262 e. The van der Waals surface area contributed by atoms with Crippen molar-refractivity contribution in [2.24, 2.45) is 0 Å². The minimum Gasteiger partial charge on any atom is -0.483 e. The topological polar surface area (TPSA) is 83.8 Å². The van der Waals surface area contributed by atoms with E-state index < -0.39 is 0 Å². The van der Waals surface area contributed by atoms with Gasteiger partial charge in [0.1, 0.15) is 5.75 Å². The van der Waals surface area contributed by atoms with E-state index in [0.717, 1.165) is 43.1 Å². The molecule has 3 aromatic rings. The molecule has 166 valence electrons. The predicted octanol–water partition coefficient (Wildman–Crippen LogP) is 3.90. The highest BCUT2D eigenvalue weighted by atomic mass is 35.5. The Morgan fingerprint density at radius 3 is 2.69 bits per heavy atom. The molecule has 1 fully saturated rings. The Balaban J connectivity index is 1.41. The zero-order valence-electron chi connectivity index (χ0n) is 17.7. The van der Waals surface area contributed by atoms with Crippen molar-refractivity contribution in [1.82, 2.24) is 5.32 Å². The number of carbonyl (C=O) groups is 2. The van der Waals surface area contributed by atoms with E-state index >= 15 is 0 Å². The Bertz CT molecular complexity index is 1110. The molecule has 0 bridgehead atoms. The monoisotopic (exact) mass is 453 g/mol. The van der Waals surface area contributed by atoms with Gasteiger partial charge < -0.3 is 24.7 Å². The van der Waals surface area contributed by atoms with Gasteiger partial charge in [0.15, 0.2) is 12.4 Å². The van der Waals surface area contributed by atoms with E-state index in [1.54, 1.807) is 24.3 Å². The SMILES string of the molecule is Cc1cc(N2CCNCC2)ccc1NC(=O)COc1ccc(Cl)cc1C(=O)c1ccco1. The number of nitrogens with zero attached hydrogens (tertiary/aromatic N) is 1. The van der Waals surface area contributed by atoms with E-state index in [9.17, 15) is 9.59 Å². The van der Waals surface area contributed by atoms with Crippen molar-refractivity contribution < 1.29 is 18.7 Å². The second kappa shape index (κ2) is 9.89. The predicted molar refractivity (Wildman–Crippen MR) is 124 cm³/mol. The number of ketones is 1. The van der Waals surface area contributed by atoms with Crippen LogP contribution in [0, 0.1) is 6.92 Å². The number of ether oxygens (including phenoxy) is 1. The minimum atomic E-state index is -0.368. The molecule has 0 atom stereocenters. The number of rotatable bonds is 7. The lowest BCUT2D eigenvalue weighted by molar-refractivity contribution is -0.118. The first-order chi connectivity index (χ1) is 15.5. The van der Waals surface area contributed by atoms with Crippen LogP contribution >= 0.6 is 11.6 Å². The summed E-state index contributed by atoms with van der Waals surface area (Å²) < 4.78 is 10.8. The molecular formula is C24H24ClN3O4. The van der Waals surface area contributed by atoms with Gasteiger partial charge in [-0.3, -0.25) is 9.59 Å². The third kappa shape index (κ3) is 5.12. The molecule has 1 aliphatic heterocycles. The second-order valence-electron chi connectivity index (χ2n) is 7.52. The average molecular weight is 454 g/mol. The molecule has 2 N–H and O–H groups in total. The first-order valence-electron chi connectivity index (χ1n) is 10.4. The maximum Gasteiger partial charge on any atom is 0.262 e. The molecule has 0 spiro atoms. The Hall–Kier alpha value is -3.29. The molecule has 2 aromatic carbocycles. The maximum absolute atomic E-state index is 12.7. The third-order valence-electron chi connectivity index (χ3n) is 5.26. The summed E-state index contributed by atoms with van der Waals surface area (Å²) >= 11 is 6.05. The molecule has 1 aromatic heterocycles. The standard InChI is InChI=1S/C24H24ClN3O4/c1-16-13-18(28-10-8-26-9-11-28)5-6-20(16)27-23(29)15-32-21-7-4-17(25)14-19(21)24(30)22-3-2-12-31-22/h2-7,12-14,26H,8-11,15H2,1H3,(H,27,29). The fourth-order valence-electron chi connectivity index (χ4n) is 3.58. The van der Waals surface area contributed by atoms with Crippen LogP contribution in [0.1, 0.15) is 21.7 Å². The molecule has 0 saturated carbocycles. The first kappa shape index (κ1) is 21.9. The third-order valence-corrected chi connectivity index (χ3v) is 5.49. The molecule has 8 heteroatoms. The van der Waals surface area contributed by atoms with Crippen molar-refractivity contribution in [3.05, 3.63) is 76.7 Å². The van der Waals surface area contributed by atoms with Crippen molar-refractivity contribution in [3.63, 3.8) is 0 Å². The maximum atomic E-state index is 12.7. The van der Waals surface area contributed by atoms with E-state index in [1.807, 2.05) is 19.1 Å². The van der Waals surface area contributed by atoms with Gasteiger partial charge in [-0.1, -0.05) is 11.6 Å². The number of furan rings is 1. The molecule has 0 aliphatic carbocycles. The van der Waals surface area contributed by atoms with E-state index in [4.69, 9.17) is 20.8 Å². The van der Waals surface area contributed by atoms with E-state index in [1.165, 1.54) is 12.3 Å². The molecule has 4 rings (SSSR count). The van der Waals surface area contributed by atoms with Crippen LogP contribution in [0.5, 0.6) is 5.75 Å². The normalized spacial score (nSPS) is 13.6. The number of benzene rings is 2. The van der Waals surface area contributed by atoms with Crippen LogP contribution in [0.4, 0.5) is 11.4 Å². The highest BCUT2D eigenvalue weighted by Crippen LogP contribution is 2.26. The summed E-state index contributed by atoms with van der Waals surface area (Å²) in [6.07, 6.45) is 1.42. The van der Waals surface area contributed by atoms with Gasteiger partial charge in [-0.15, -0.1) is 0 Å². The van der Waals surface area contributed by atoms with Crippen LogP contribution in [0.2, 0.25) is 5.02 Å². The van der Waals surface area contributed by atoms with Crippen LogP contribution in [0.25, 0.3) is 0 Å². The molecule has 1 saturated heterocycles. The summed E-state index contributed by atoms with van der Waals surface area (Å²) in [7, 11) is 0. The number of aryl methyl sites for hydroxylation is 1. The van der Waals surface area contributed by atoms with Crippen LogP contribution < -0.4 is 20.3 Å². The quantitative estimate of drug-likeness (QED) is 0.528. The van der Waals surface area contributed by atoms with E-state index in [0.29, 0.717) is 5.02 Å². The number of nitrogens with one attached hydrogen (secondary N) is 2. The summed E-state index contributed by atoms with van der Waals surface area (Å²) in [4.78, 5) is 27.5. The fourth-order valence-corrected chi connectivity index (χ4v) is 3.76. The van der Waals surface area contributed by atoms with Gasteiger partial charge in [-0.25, -0.2) is 0 Å². The molecule has 0 unspecified atom stereocenters. The Labute approximate surface area is 191 Å². The van der Waals surface area contributed by atoms with Gasteiger partial charge in [0, 0.05) is 42.6 Å². The second-order valence-corrected chi connectivity index (χ2v) is 7.96. The lowest BCUT2D eigenvalue weighted by atomic mass is 10.1. The van der Waals surface area contributed by atoms with Crippen molar-refractivity contribution in [2.45, 2.75) is 6.92 Å². The van der Waals surface area contributed by atoms with Gasteiger partial charge in [0.05, 0.1) is 11.8 Å². The summed E-state index contributed by atoms with van der Waals surface area (Å²) in [5, 5.41) is 6.60. The van der Waals surface area contributed by atoms with Gasteiger partial charge in [-0.05, 0) is 61.0 Å². The number of hydrogen-bond acceptors (Lipinski definition) is 6. The zero-order chi connectivity index (χ0) is 22.5. The van der Waals surface area contributed by atoms with Gasteiger partial charge in [-0.2, -0.15) is 0 Å². The Kier molecular flexibility index (Phi) is 6.78. The van der Waals surface area contributed by atoms with E-state index in [-0.39, 0.29) is 35.4 Å². The number of carbonyl (C=O) groups excluding carboxylic acids is 2. The number of hydrogen-bond donors (Lipinski definition) is 2. The molecular weight excluding hydrogens is 430 g/mol. The van der Waals surface area contributed by atoms with E-state index in [2.05, 4.69) is 21.6 Å². The molecule has 1 aliphatic rings. The lowest BCUT2D eigenvalue weighted by Gasteiger charge is -2.30. The van der Waals surface area contributed by atoms with Gasteiger partial charge in [0.25, 0.3) is 5.91 Å². The highest BCUT2D eigenvalue weighted by molar-refractivity contribution is 6.31. The van der Waals surface area contributed by atoms with Crippen LogP contribution in [0.3, 0.4) is 0 Å². The number of halogens is 1. The fraction of sp³-hybridized carbons (Fsp3) is 0.250.